The second-order valence-corrected chi connectivity index (χ2v) is 6.60. The Kier molecular flexibility index (Phi) is 5.57. The summed E-state index contributed by atoms with van der Waals surface area (Å²) in [7, 11) is 4.18. The van der Waals surface area contributed by atoms with E-state index in [0.717, 1.165) is 11.2 Å². The van der Waals surface area contributed by atoms with Crippen LogP contribution < -0.4 is 0 Å². The Labute approximate surface area is 84.7 Å². The molecular formula is C10H20S2. The Bertz CT molecular complexity index is 108. The lowest BCUT2D eigenvalue weighted by Gasteiger charge is -2.10. The minimum absolute atomic E-state index is 0.844. The third-order valence-electron chi connectivity index (χ3n) is 2.59. The highest BCUT2D eigenvalue weighted by Crippen LogP contribution is 2.35. The van der Waals surface area contributed by atoms with E-state index in [1.165, 1.54) is 37.9 Å². The molecule has 1 aliphatic carbocycles. The molecule has 1 aliphatic rings. The lowest BCUT2D eigenvalue weighted by Crippen LogP contribution is -1.96. The monoisotopic (exact) mass is 204 g/mol. The lowest BCUT2D eigenvalue weighted by atomic mass is 10.1. The standard InChI is InChI=1S/C10H20S2/c1-3-9(2)12-11-8-10-6-4-5-7-10/h9-10H,3-8H2,1-2H3. The highest BCUT2D eigenvalue weighted by atomic mass is 33.1. The summed E-state index contributed by atoms with van der Waals surface area (Å²) >= 11 is 0. The molecule has 12 heavy (non-hydrogen) atoms. The summed E-state index contributed by atoms with van der Waals surface area (Å²) < 4.78 is 0. The van der Waals surface area contributed by atoms with Crippen molar-refractivity contribution in [2.24, 2.45) is 5.92 Å². The van der Waals surface area contributed by atoms with Crippen LogP contribution in [0.4, 0.5) is 0 Å². The van der Waals surface area contributed by atoms with Crippen molar-refractivity contribution in [3.8, 4) is 0 Å². The van der Waals surface area contributed by atoms with Crippen molar-refractivity contribution < 1.29 is 0 Å². The summed E-state index contributed by atoms with van der Waals surface area (Å²) in [6.07, 6.45) is 7.27. The minimum Gasteiger partial charge on any atom is -0.0936 e. The summed E-state index contributed by atoms with van der Waals surface area (Å²) in [6.45, 7) is 4.60. The Morgan fingerprint density at radius 2 is 2.00 bits per heavy atom. The van der Waals surface area contributed by atoms with Crippen LogP contribution in [-0.4, -0.2) is 11.0 Å². The molecule has 0 aromatic rings. The SMILES string of the molecule is CCC(C)SSCC1CCCC1. The molecule has 0 aliphatic heterocycles. The van der Waals surface area contributed by atoms with Gasteiger partial charge in [0.2, 0.25) is 0 Å². The maximum absolute atomic E-state index is 2.33. The zero-order valence-corrected chi connectivity index (χ0v) is 9.85. The summed E-state index contributed by atoms with van der Waals surface area (Å²) in [5, 5.41) is 0.844. The van der Waals surface area contributed by atoms with E-state index in [0.29, 0.717) is 0 Å². The van der Waals surface area contributed by atoms with Crippen molar-refractivity contribution >= 4 is 21.6 Å². The van der Waals surface area contributed by atoms with Crippen molar-refractivity contribution in [3.63, 3.8) is 0 Å². The third kappa shape index (κ3) is 4.08. The maximum atomic E-state index is 2.33. The van der Waals surface area contributed by atoms with Crippen molar-refractivity contribution in [2.75, 3.05) is 5.75 Å². The van der Waals surface area contributed by atoms with Crippen LogP contribution in [0.5, 0.6) is 0 Å². The van der Waals surface area contributed by atoms with Crippen LogP contribution in [0.25, 0.3) is 0 Å². The van der Waals surface area contributed by atoms with Crippen LogP contribution in [0.2, 0.25) is 0 Å². The Morgan fingerprint density at radius 1 is 1.33 bits per heavy atom. The van der Waals surface area contributed by atoms with Crippen LogP contribution in [0.3, 0.4) is 0 Å². The van der Waals surface area contributed by atoms with Crippen LogP contribution in [0.1, 0.15) is 46.0 Å². The van der Waals surface area contributed by atoms with Gasteiger partial charge in [-0.15, -0.1) is 0 Å². The van der Waals surface area contributed by atoms with Gasteiger partial charge < -0.3 is 0 Å². The van der Waals surface area contributed by atoms with Crippen molar-refractivity contribution in [3.05, 3.63) is 0 Å². The van der Waals surface area contributed by atoms with E-state index < -0.39 is 0 Å². The molecule has 0 aromatic carbocycles. The van der Waals surface area contributed by atoms with E-state index in [4.69, 9.17) is 0 Å². The average Bonchev–Trinajstić information content (AvgIpc) is 2.57. The van der Waals surface area contributed by atoms with Crippen molar-refractivity contribution in [1.29, 1.82) is 0 Å². The molecule has 0 spiro atoms. The number of rotatable bonds is 5. The van der Waals surface area contributed by atoms with Crippen LogP contribution in [-0.2, 0) is 0 Å². The molecule has 1 rings (SSSR count). The summed E-state index contributed by atoms with van der Waals surface area (Å²) in [6, 6.07) is 0. The molecule has 1 atom stereocenters. The molecule has 0 aromatic heterocycles. The van der Waals surface area contributed by atoms with Gasteiger partial charge in [0, 0.05) is 11.0 Å². The summed E-state index contributed by atoms with van der Waals surface area (Å²) in [5.41, 5.74) is 0. The first-order valence-electron chi connectivity index (χ1n) is 5.11. The quantitative estimate of drug-likeness (QED) is 0.610. The largest absolute Gasteiger partial charge is 0.0936 e. The van der Waals surface area contributed by atoms with E-state index in [2.05, 4.69) is 35.4 Å². The number of hydrogen-bond acceptors (Lipinski definition) is 2. The topological polar surface area (TPSA) is 0 Å². The Morgan fingerprint density at radius 3 is 2.58 bits per heavy atom. The Balaban J connectivity index is 1.94. The highest BCUT2D eigenvalue weighted by Gasteiger charge is 2.15. The molecule has 0 heterocycles. The molecule has 0 bridgehead atoms. The molecule has 0 amide bonds. The maximum Gasteiger partial charge on any atom is 0.0120 e. The van der Waals surface area contributed by atoms with Gasteiger partial charge in [-0.1, -0.05) is 48.3 Å². The molecular weight excluding hydrogens is 184 g/mol. The van der Waals surface area contributed by atoms with E-state index in [-0.39, 0.29) is 0 Å². The van der Waals surface area contributed by atoms with Gasteiger partial charge in [0.15, 0.2) is 0 Å². The van der Waals surface area contributed by atoms with Gasteiger partial charge in [-0.25, -0.2) is 0 Å². The zero-order chi connectivity index (χ0) is 8.81. The van der Waals surface area contributed by atoms with Crippen LogP contribution in [0, 0.1) is 5.92 Å². The van der Waals surface area contributed by atoms with E-state index in [1.54, 1.807) is 0 Å². The molecule has 72 valence electrons. The van der Waals surface area contributed by atoms with E-state index >= 15 is 0 Å². The zero-order valence-electron chi connectivity index (χ0n) is 8.21. The second-order valence-electron chi connectivity index (χ2n) is 3.75. The predicted octanol–water partition coefficient (Wildman–Crippen LogP) is 4.36. The van der Waals surface area contributed by atoms with Gasteiger partial charge in [0.1, 0.15) is 0 Å². The van der Waals surface area contributed by atoms with Crippen LogP contribution in [0.15, 0.2) is 0 Å². The predicted molar refractivity (Wildman–Crippen MR) is 61.8 cm³/mol. The lowest BCUT2D eigenvalue weighted by molar-refractivity contribution is 0.624. The normalized spacial score (nSPS) is 21.5. The fourth-order valence-electron chi connectivity index (χ4n) is 1.50. The van der Waals surface area contributed by atoms with Gasteiger partial charge in [-0.2, -0.15) is 0 Å². The van der Waals surface area contributed by atoms with Gasteiger partial charge in [0.05, 0.1) is 0 Å². The van der Waals surface area contributed by atoms with Crippen molar-refractivity contribution in [2.45, 2.75) is 51.2 Å². The highest BCUT2D eigenvalue weighted by molar-refractivity contribution is 8.76. The number of hydrogen-bond donors (Lipinski definition) is 0. The third-order valence-corrected chi connectivity index (χ3v) is 5.79. The smallest absolute Gasteiger partial charge is 0.0120 e. The first kappa shape index (κ1) is 10.8. The average molecular weight is 204 g/mol. The summed E-state index contributed by atoms with van der Waals surface area (Å²) in [5.74, 6) is 2.45. The van der Waals surface area contributed by atoms with Gasteiger partial charge in [-0.05, 0) is 25.2 Å². The first-order valence-corrected chi connectivity index (χ1v) is 7.49. The molecule has 2 heteroatoms. The van der Waals surface area contributed by atoms with Gasteiger partial charge in [0.25, 0.3) is 0 Å². The molecule has 0 saturated heterocycles. The summed E-state index contributed by atoms with van der Waals surface area (Å²) in [4.78, 5) is 0. The molecule has 0 radical (unpaired) electrons. The van der Waals surface area contributed by atoms with Crippen molar-refractivity contribution in [1.82, 2.24) is 0 Å². The molecule has 0 nitrogen and oxygen atoms in total. The fourth-order valence-corrected chi connectivity index (χ4v) is 4.39. The molecule has 1 saturated carbocycles. The first-order chi connectivity index (χ1) is 5.83. The van der Waals surface area contributed by atoms with Crippen LogP contribution >= 0.6 is 21.6 Å². The van der Waals surface area contributed by atoms with E-state index in [1.807, 2.05) is 0 Å². The van der Waals surface area contributed by atoms with Gasteiger partial charge >= 0.3 is 0 Å². The van der Waals surface area contributed by atoms with E-state index in [9.17, 15) is 0 Å². The molecule has 1 unspecified atom stereocenters. The minimum atomic E-state index is 0.844. The molecule has 0 N–H and O–H groups in total. The fraction of sp³-hybridized carbons (Fsp3) is 1.00. The molecule has 1 fully saturated rings. The Hall–Kier alpha value is 0.700. The van der Waals surface area contributed by atoms with Gasteiger partial charge in [-0.3, -0.25) is 0 Å². The second kappa shape index (κ2) is 6.20.